The van der Waals surface area contributed by atoms with Gasteiger partial charge in [0.25, 0.3) is 0 Å². The molecule has 5 rings (SSSR count). The molecule has 0 radical (unpaired) electrons. The third-order valence-electron chi connectivity index (χ3n) is 6.34. The molecule has 10 heteroatoms. The Bertz CT molecular complexity index is 1180. The van der Waals surface area contributed by atoms with E-state index < -0.39 is 0 Å². The number of benzene rings is 2. The highest BCUT2D eigenvalue weighted by Gasteiger charge is 2.21. The Labute approximate surface area is 216 Å². The zero-order chi connectivity index (χ0) is 25.5. The molecule has 0 unspecified atom stereocenters. The minimum absolute atomic E-state index is 0.271. The summed E-state index contributed by atoms with van der Waals surface area (Å²) in [4.78, 5) is 18.4. The van der Waals surface area contributed by atoms with Gasteiger partial charge in [-0.05, 0) is 74.1 Å². The van der Waals surface area contributed by atoms with Gasteiger partial charge in [-0.3, -0.25) is 0 Å². The predicted octanol–water partition coefficient (Wildman–Crippen LogP) is 4.63. The average Bonchev–Trinajstić information content (AvgIpc) is 3.64. The van der Waals surface area contributed by atoms with Crippen LogP contribution < -0.4 is 24.7 Å². The van der Waals surface area contributed by atoms with E-state index in [1.54, 1.807) is 18.3 Å². The van der Waals surface area contributed by atoms with Crippen molar-refractivity contribution < 1.29 is 13.9 Å². The van der Waals surface area contributed by atoms with Crippen LogP contribution >= 0.6 is 0 Å². The van der Waals surface area contributed by atoms with Crippen LogP contribution in [0.2, 0.25) is 0 Å². The van der Waals surface area contributed by atoms with Gasteiger partial charge in [0.05, 0.1) is 12.8 Å². The Morgan fingerprint density at radius 2 is 1.51 bits per heavy atom. The molecule has 3 heterocycles. The van der Waals surface area contributed by atoms with E-state index >= 15 is 0 Å². The number of nitrogens with one attached hydrogen (secondary N) is 1. The van der Waals surface area contributed by atoms with E-state index in [1.165, 1.54) is 12.1 Å². The number of ether oxygens (including phenoxy) is 2. The van der Waals surface area contributed by atoms with Crippen molar-refractivity contribution >= 4 is 24.1 Å². The van der Waals surface area contributed by atoms with Gasteiger partial charge >= 0.3 is 0 Å². The number of aromatic nitrogens is 3. The quantitative estimate of drug-likeness (QED) is 0.315. The van der Waals surface area contributed by atoms with Crippen LogP contribution in [0.25, 0.3) is 0 Å². The minimum Gasteiger partial charge on any atom is -0.490 e. The Morgan fingerprint density at radius 1 is 0.865 bits per heavy atom. The van der Waals surface area contributed by atoms with Crippen LogP contribution in [0.4, 0.5) is 22.2 Å². The Balaban J connectivity index is 1.28. The molecule has 1 aromatic heterocycles. The van der Waals surface area contributed by atoms with Gasteiger partial charge in [0.2, 0.25) is 17.8 Å². The molecular formula is C27H32FN7O2. The summed E-state index contributed by atoms with van der Waals surface area (Å²) in [5, 5.41) is 4.38. The number of hydrogen-bond donors (Lipinski definition) is 1. The fourth-order valence-corrected chi connectivity index (χ4v) is 4.42. The number of halogens is 1. The van der Waals surface area contributed by atoms with Crippen LogP contribution in [0.5, 0.6) is 11.5 Å². The van der Waals surface area contributed by atoms with Crippen molar-refractivity contribution in [3.05, 3.63) is 59.4 Å². The maximum atomic E-state index is 13.2. The summed E-state index contributed by atoms with van der Waals surface area (Å²) in [5.41, 5.74) is 4.69. The summed E-state index contributed by atoms with van der Waals surface area (Å²) in [6.07, 6.45) is 6.30. The molecule has 2 aromatic carbocycles. The third-order valence-corrected chi connectivity index (χ3v) is 6.34. The largest absolute Gasteiger partial charge is 0.490 e. The first-order valence-corrected chi connectivity index (χ1v) is 12.9. The minimum atomic E-state index is -0.271. The monoisotopic (exact) mass is 505 g/mol. The lowest BCUT2D eigenvalue weighted by atomic mass is 10.2. The standard InChI is InChI=1S/C27H32FN7O2/c1-2-36-24-17-21(9-12-23(24)37-19-20-7-10-22(28)11-8-20)18-29-33-25-30-26(34-13-3-4-14-34)32-27(31-25)35-15-5-6-16-35/h7-12,17-18H,2-6,13-16,19H2,1H3,(H,30,31,32,33)/b29-18-. The van der Waals surface area contributed by atoms with Gasteiger partial charge in [-0.25, -0.2) is 9.82 Å². The van der Waals surface area contributed by atoms with Gasteiger partial charge in [0, 0.05) is 26.2 Å². The molecular weight excluding hydrogens is 473 g/mol. The molecule has 0 bridgehead atoms. The van der Waals surface area contributed by atoms with E-state index in [4.69, 9.17) is 14.5 Å². The summed E-state index contributed by atoms with van der Waals surface area (Å²) < 4.78 is 24.9. The molecule has 0 atom stereocenters. The molecule has 0 aliphatic carbocycles. The lowest BCUT2D eigenvalue weighted by Gasteiger charge is -2.20. The molecule has 2 aliphatic rings. The lowest BCUT2D eigenvalue weighted by Crippen LogP contribution is -2.25. The number of hydrogen-bond acceptors (Lipinski definition) is 9. The van der Waals surface area contributed by atoms with Gasteiger partial charge in [0.1, 0.15) is 12.4 Å². The van der Waals surface area contributed by atoms with Crippen LogP contribution in [0.1, 0.15) is 43.7 Å². The van der Waals surface area contributed by atoms with Gasteiger partial charge in [-0.1, -0.05) is 12.1 Å². The number of anilines is 3. The fourth-order valence-electron chi connectivity index (χ4n) is 4.42. The first-order chi connectivity index (χ1) is 18.2. The molecule has 2 fully saturated rings. The second kappa shape index (κ2) is 11.9. The number of nitrogens with zero attached hydrogens (tertiary/aromatic N) is 6. The van der Waals surface area contributed by atoms with Crippen molar-refractivity contribution in [2.75, 3.05) is 48.0 Å². The highest BCUT2D eigenvalue weighted by Crippen LogP contribution is 2.29. The topological polar surface area (TPSA) is 88.0 Å². The molecule has 1 N–H and O–H groups in total. The van der Waals surface area contributed by atoms with Crippen molar-refractivity contribution in [2.45, 2.75) is 39.2 Å². The van der Waals surface area contributed by atoms with E-state index in [2.05, 4.69) is 30.3 Å². The summed E-state index contributed by atoms with van der Waals surface area (Å²) in [6.45, 7) is 6.57. The zero-order valence-corrected chi connectivity index (χ0v) is 21.1. The van der Waals surface area contributed by atoms with E-state index in [1.807, 2.05) is 25.1 Å². The third kappa shape index (κ3) is 6.44. The van der Waals surface area contributed by atoms with E-state index in [-0.39, 0.29) is 5.82 Å². The molecule has 2 aliphatic heterocycles. The van der Waals surface area contributed by atoms with Crippen molar-refractivity contribution in [3.63, 3.8) is 0 Å². The van der Waals surface area contributed by atoms with E-state index in [9.17, 15) is 4.39 Å². The van der Waals surface area contributed by atoms with Crippen LogP contribution in [-0.2, 0) is 6.61 Å². The van der Waals surface area contributed by atoms with Crippen LogP contribution in [0.15, 0.2) is 47.6 Å². The predicted molar refractivity (Wildman–Crippen MR) is 142 cm³/mol. The van der Waals surface area contributed by atoms with Gasteiger partial charge in [0.15, 0.2) is 11.5 Å². The maximum absolute atomic E-state index is 13.2. The Kier molecular flexibility index (Phi) is 7.93. The Morgan fingerprint density at radius 3 is 2.14 bits per heavy atom. The summed E-state index contributed by atoms with van der Waals surface area (Å²) in [5.74, 6) is 2.79. The van der Waals surface area contributed by atoms with Gasteiger partial charge in [-0.2, -0.15) is 20.1 Å². The SMILES string of the molecule is CCOc1cc(/C=N\Nc2nc(N3CCCC3)nc(N3CCCC3)n2)ccc1OCc1ccc(F)cc1. The van der Waals surface area contributed by atoms with Crippen LogP contribution in [0.3, 0.4) is 0 Å². The Hall–Kier alpha value is -3.95. The highest BCUT2D eigenvalue weighted by molar-refractivity contribution is 5.81. The molecule has 0 spiro atoms. The number of hydrazone groups is 1. The van der Waals surface area contributed by atoms with Crippen molar-refractivity contribution in [1.29, 1.82) is 0 Å². The molecule has 194 valence electrons. The highest BCUT2D eigenvalue weighted by atomic mass is 19.1. The second-order valence-corrected chi connectivity index (χ2v) is 9.07. The molecule has 2 saturated heterocycles. The van der Waals surface area contributed by atoms with Gasteiger partial charge < -0.3 is 19.3 Å². The lowest BCUT2D eigenvalue weighted by molar-refractivity contribution is 0.269. The normalized spacial score (nSPS) is 15.5. The first kappa shape index (κ1) is 24.7. The molecule has 0 saturated carbocycles. The summed E-state index contributed by atoms with van der Waals surface area (Å²) in [7, 11) is 0. The van der Waals surface area contributed by atoms with E-state index in [0.29, 0.717) is 42.6 Å². The van der Waals surface area contributed by atoms with Crippen LogP contribution in [-0.4, -0.2) is 54.0 Å². The average molecular weight is 506 g/mol. The molecule has 37 heavy (non-hydrogen) atoms. The van der Waals surface area contributed by atoms with Crippen LogP contribution in [0, 0.1) is 5.82 Å². The zero-order valence-electron chi connectivity index (χ0n) is 21.1. The smallest absolute Gasteiger partial charge is 0.250 e. The first-order valence-electron chi connectivity index (χ1n) is 12.9. The molecule has 3 aromatic rings. The summed E-state index contributed by atoms with van der Waals surface area (Å²) >= 11 is 0. The number of rotatable bonds is 10. The van der Waals surface area contributed by atoms with Crippen molar-refractivity contribution in [1.82, 2.24) is 15.0 Å². The fraction of sp³-hybridized carbons (Fsp3) is 0.407. The maximum Gasteiger partial charge on any atom is 0.250 e. The van der Waals surface area contributed by atoms with E-state index in [0.717, 1.165) is 63.0 Å². The summed E-state index contributed by atoms with van der Waals surface area (Å²) in [6, 6.07) is 11.9. The van der Waals surface area contributed by atoms with Gasteiger partial charge in [-0.15, -0.1) is 0 Å². The second-order valence-electron chi connectivity index (χ2n) is 9.07. The molecule has 0 amide bonds. The molecule has 9 nitrogen and oxygen atoms in total. The van der Waals surface area contributed by atoms with Crippen molar-refractivity contribution in [3.8, 4) is 11.5 Å². The van der Waals surface area contributed by atoms with Crippen molar-refractivity contribution in [2.24, 2.45) is 5.10 Å².